The number of amides is 1. The third-order valence-corrected chi connectivity index (χ3v) is 4.71. The fraction of sp³-hybridized carbons (Fsp3) is 0.632. The third kappa shape index (κ3) is 4.24. The number of aliphatic hydroxyl groups is 1. The smallest absolute Gasteiger partial charge is 0.410 e. The summed E-state index contributed by atoms with van der Waals surface area (Å²) in [7, 11) is 0. The first kappa shape index (κ1) is 18.0. The van der Waals surface area contributed by atoms with E-state index in [9.17, 15) is 14.3 Å². The van der Waals surface area contributed by atoms with Gasteiger partial charge in [0.05, 0.1) is 6.61 Å². The molecule has 0 aliphatic carbocycles. The van der Waals surface area contributed by atoms with E-state index in [2.05, 4.69) is 0 Å². The van der Waals surface area contributed by atoms with E-state index in [1.54, 1.807) is 6.07 Å². The fourth-order valence-electron chi connectivity index (χ4n) is 3.81. The molecule has 1 aromatic carbocycles. The van der Waals surface area contributed by atoms with E-state index < -0.39 is 11.4 Å². The Hall–Kier alpha value is -1.82. The molecule has 2 heterocycles. The second kappa shape index (κ2) is 6.83. The molecule has 1 unspecified atom stereocenters. The highest BCUT2D eigenvalue weighted by Gasteiger charge is 2.45. The summed E-state index contributed by atoms with van der Waals surface area (Å²) in [5.41, 5.74) is -0.0178. The van der Waals surface area contributed by atoms with E-state index in [-0.39, 0.29) is 30.9 Å². The molecule has 2 aliphatic heterocycles. The van der Waals surface area contributed by atoms with Crippen LogP contribution >= 0.6 is 0 Å². The Kier molecular flexibility index (Phi) is 4.91. The SMILES string of the molecule is CC(C)(C)OC(=O)N1[C@@H]2CC[C@H]1CC(Oc1cc(F)cc(CO)c1)C2. The average molecular weight is 351 g/mol. The normalized spacial score (nSPS) is 25.8. The van der Waals surface area contributed by atoms with Crippen LogP contribution in [0.1, 0.15) is 52.0 Å². The standard InChI is InChI=1S/C19H26FNO4/c1-19(2,3)25-18(23)21-14-4-5-15(21)10-17(9-14)24-16-7-12(11-22)6-13(20)8-16/h6-8,14-15,17,22H,4-5,9-11H2,1-3H3/t14-,15+,17?. The van der Waals surface area contributed by atoms with Crippen LogP contribution in [-0.4, -0.2) is 39.9 Å². The van der Waals surface area contributed by atoms with Crippen molar-refractivity contribution in [2.45, 2.75) is 76.9 Å². The second-order valence-electron chi connectivity index (χ2n) is 7.94. The van der Waals surface area contributed by atoms with Crippen molar-refractivity contribution in [3.05, 3.63) is 29.6 Å². The summed E-state index contributed by atoms with van der Waals surface area (Å²) in [6.45, 7) is 5.37. The van der Waals surface area contributed by atoms with E-state index in [4.69, 9.17) is 9.47 Å². The minimum atomic E-state index is -0.508. The van der Waals surface area contributed by atoms with Crippen molar-refractivity contribution in [2.75, 3.05) is 0 Å². The number of hydrogen-bond acceptors (Lipinski definition) is 4. The van der Waals surface area contributed by atoms with Crippen LogP contribution in [0.25, 0.3) is 0 Å². The van der Waals surface area contributed by atoms with Crippen LogP contribution in [0.4, 0.5) is 9.18 Å². The summed E-state index contributed by atoms with van der Waals surface area (Å²) in [5.74, 6) is 0.00915. The molecule has 3 atom stereocenters. The summed E-state index contributed by atoms with van der Waals surface area (Å²) in [6, 6.07) is 4.49. The van der Waals surface area contributed by atoms with Gasteiger partial charge in [-0.3, -0.25) is 0 Å². The lowest BCUT2D eigenvalue weighted by Crippen LogP contribution is -2.50. The highest BCUT2D eigenvalue weighted by molar-refractivity contribution is 5.69. The van der Waals surface area contributed by atoms with Gasteiger partial charge < -0.3 is 19.5 Å². The first-order chi connectivity index (χ1) is 11.7. The van der Waals surface area contributed by atoms with Crippen molar-refractivity contribution in [1.82, 2.24) is 4.90 Å². The topological polar surface area (TPSA) is 59.0 Å². The maximum Gasteiger partial charge on any atom is 0.410 e. The molecule has 3 rings (SSSR count). The molecule has 2 aliphatic rings. The van der Waals surface area contributed by atoms with Gasteiger partial charge in [0.25, 0.3) is 0 Å². The summed E-state index contributed by atoms with van der Waals surface area (Å²) >= 11 is 0. The largest absolute Gasteiger partial charge is 0.490 e. The number of halogens is 1. The van der Waals surface area contributed by atoms with Crippen LogP contribution in [0.5, 0.6) is 5.75 Å². The summed E-state index contributed by atoms with van der Waals surface area (Å²) in [6.07, 6.45) is 2.97. The minimum Gasteiger partial charge on any atom is -0.490 e. The maximum atomic E-state index is 13.6. The minimum absolute atomic E-state index is 0.0653. The average Bonchev–Trinajstić information content (AvgIpc) is 2.76. The predicted octanol–water partition coefficient (Wildman–Crippen LogP) is 3.63. The van der Waals surface area contributed by atoms with Gasteiger partial charge in [-0.25, -0.2) is 9.18 Å². The number of carbonyl (C=O) groups is 1. The van der Waals surface area contributed by atoms with E-state index >= 15 is 0 Å². The van der Waals surface area contributed by atoms with Gasteiger partial charge >= 0.3 is 6.09 Å². The summed E-state index contributed by atoms with van der Waals surface area (Å²) in [5, 5.41) is 9.19. The molecule has 1 aromatic rings. The zero-order valence-electron chi connectivity index (χ0n) is 15.0. The molecule has 0 spiro atoms. The van der Waals surface area contributed by atoms with Crippen LogP contribution in [0, 0.1) is 5.82 Å². The predicted molar refractivity (Wildman–Crippen MR) is 90.9 cm³/mol. The molecule has 6 heteroatoms. The Morgan fingerprint density at radius 1 is 1.24 bits per heavy atom. The van der Waals surface area contributed by atoms with E-state index in [0.29, 0.717) is 24.2 Å². The van der Waals surface area contributed by atoms with Gasteiger partial charge in [0, 0.05) is 31.0 Å². The first-order valence-electron chi connectivity index (χ1n) is 8.83. The fourth-order valence-corrected chi connectivity index (χ4v) is 3.81. The van der Waals surface area contributed by atoms with Crippen molar-refractivity contribution in [2.24, 2.45) is 0 Å². The van der Waals surface area contributed by atoms with Crippen LogP contribution < -0.4 is 4.74 Å². The molecule has 2 fully saturated rings. The lowest BCUT2D eigenvalue weighted by atomic mass is 10.00. The monoisotopic (exact) mass is 351 g/mol. The van der Waals surface area contributed by atoms with Gasteiger partial charge in [-0.05, 0) is 51.3 Å². The van der Waals surface area contributed by atoms with Crippen LogP contribution in [-0.2, 0) is 11.3 Å². The maximum absolute atomic E-state index is 13.6. The number of nitrogens with zero attached hydrogens (tertiary/aromatic N) is 1. The van der Waals surface area contributed by atoms with Crippen molar-refractivity contribution in [3.8, 4) is 5.75 Å². The Bertz CT molecular complexity index is 629. The first-order valence-corrected chi connectivity index (χ1v) is 8.83. The number of rotatable bonds is 3. The second-order valence-corrected chi connectivity index (χ2v) is 7.94. The quantitative estimate of drug-likeness (QED) is 0.903. The molecule has 0 saturated carbocycles. The number of benzene rings is 1. The zero-order valence-corrected chi connectivity index (χ0v) is 15.0. The van der Waals surface area contributed by atoms with Crippen LogP contribution in [0.2, 0.25) is 0 Å². The summed E-state index contributed by atoms with van der Waals surface area (Å²) < 4.78 is 25.1. The number of piperidine rings is 1. The Labute approximate surface area is 147 Å². The number of carbonyl (C=O) groups excluding carboxylic acids is 1. The molecule has 138 valence electrons. The van der Waals surface area contributed by atoms with Gasteiger partial charge in [-0.2, -0.15) is 0 Å². The van der Waals surface area contributed by atoms with Gasteiger partial charge in [0.2, 0.25) is 0 Å². The highest BCUT2D eigenvalue weighted by atomic mass is 19.1. The lowest BCUT2D eigenvalue weighted by Gasteiger charge is -2.39. The lowest BCUT2D eigenvalue weighted by molar-refractivity contribution is -0.00711. The number of fused-ring (bicyclic) bond motifs is 2. The Morgan fingerprint density at radius 2 is 1.88 bits per heavy atom. The van der Waals surface area contributed by atoms with Gasteiger partial charge in [0.1, 0.15) is 23.3 Å². The van der Waals surface area contributed by atoms with Gasteiger partial charge in [0.15, 0.2) is 0 Å². The van der Waals surface area contributed by atoms with Crippen molar-refractivity contribution in [3.63, 3.8) is 0 Å². The highest BCUT2D eigenvalue weighted by Crippen LogP contribution is 2.38. The molecule has 1 N–H and O–H groups in total. The van der Waals surface area contributed by atoms with Crippen LogP contribution in [0.3, 0.4) is 0 Å². The number of ether oxygens (including phenoxy) is 2. The van der Waals surface area contributed by atoms with E-state index in [0.717, 1.165) is 12.8 Å². The van der Waals surface area contributed by atoms with Crippen molar-refractivity contribution < 1.29 is 23.8 Å². The molecule has 5 nitrogen and oxygen atoms in total. The molecule has 2 saturated heterocycles. The molecule has 0 aromatic heterocycles. The number of aliphatic hydroxyl groups excluding tert-OH is 1. The molecular formula is C19H26FNO4. The molecule has 0 radical (unpaired) electrons. The third-order valence-electron chi connectivity index (χ3n) is 4.71. The van der Waals surface area contributed by atoms with Gasteiger partial charge in [-0.1, -0.05) is 0 Å². The van der Waals surface area contributed by atoms with Crippen molar-refractivity contribution >= 4 is 6.09 Å². The van der Waals surface area contributed by atoms with Crippen molar-refractivity contribution in [1.29, 1.82) is 0 Å². The van der Waals surface area contributed by atoms with E-state index in [1.165, 1.54) is 12.1 Å². The summed E-state index contributed by atoms with van der Waals surface area (Å²) in [4.78, 5) is 14.3. The van der Waals surface area contributed by atoms with Crippen LogP contribution in [0.15, 0.2) is 18.2 Å². The number of hydrogen-bond donors (Lipinski definition) is 1. The molecule has 1 amide bonds. The zero-order chi connectivity index (χ0) is 18.2. The Balaban J connectivity index is 1.66. The van der Waals surface area contributed by atoms with E-state index in [1.807, 2.05) is 25.7 Å². The van der Waals surface area contributed by atoms with Gasteiger partial charge in [-0.15, -0.1) is 0 Å². The Morgan fingerprint density at radius 3 is 2.44 bits per heavy atom. The molecule has 2 bridgehead atoms. The molecule has 25 heavy (non-hydrogen) atoms. The molecular weight excluding hydrogens is 325 g/mol.